The highest BCUT2D eigenvalue weighted by Crippen LogP contribution is 1.92. The lowest BCUT2D eigenvalue weighted by Gasteiger charge is -2.07. The van der Waals surface area contributed by atoms with E-state index in [2.05, 4.69) is 0 Å². The molecule has 0 saturated heterocycles. The normalized spacial score (nSPS) is 14.4. The van der Waals surface area contributed by atoms with Gasteiger partial charge >= 0.3 is 11.9 Å². The number of hydrogen-bond donors (Lipinski definition) is 4. The molecule has 66 valence electrons. The summed E-state index contributed by atoms with van der Waals surface area (Å²) in [7, 11) is 0. The topological polar surface area (TPSA) is 147 Å². The zero-order valence-corrected chi connectivity index (χ0v) is 5.26. The predicted octanol–water partition coefficient (Wildman–Crippen LogP) is -2.95. The van der Waals surface area contributed by atoms with Crippen LogP contribution in [0.3, 0.4) is 0 Å². The zero-order chi connectivity index (χ0) is 8.31. The molecule has 0 rings (SSSR count). The maximum atomic E-state index is 9.77. The van der Waals surface area contributed by atoms with Gasteiger partial charge in [-0.3, -0.25) is 0 Å². The third-order valence-electron chi connectivity index (χ3n) is 0.805. The standard InChI is InChI=1S/C4H6O6.H2O/c5-1(3(7)8)2(6)4(9)10;/h1-2,5-6H,(H,7,8)(H,9,10);1H2/t1-,2?;/m1./s1. The molecule has 0 amide bonds. The van der Waals surface area contributed by atoms with Crippen LogP contribution in [0.5, 0.6) is 0 Å². The minimum Gasteiger partial charge on any atom is -0.479 e. The van der Waals surface area contributed by atoms with E-state index in [1.54, 1.807) is 0 Å². The van der Waals surface area contributed by atoms with Gasteiger partial charge in [-0.15, -0.1) is 0 Å². The maximum Gasteiger partial charge on any atom is 0.335 e. The van der Waals surface area contributed by atoms with Crippen molar-refractivity contribution in [3.8, 4) is 0 Å². The van der Waals surface area contributed by atoms with Crippen LogP contribution in [0.1, 0.15) is 0 Å². The minimum atomic E-state index is -2.27. The number of aliphatic carboxylic acids is 2. The Morgan fingerprint density at radius 3 is 1.18 bits per heavy atom. The Labute approximate surface area is 60.8 Å². The molecule has 0 saturated carbocycles. The van der Waals surface area contributed by atoms with E-state index in [-0.39, 0.29) is 5.48 Å². The number of aliphatic hydroxyl groups excluding tert-OH is 2. The number of carboxylic acid groups (broad SMARTS) is 2. The second kappa shape index (κ2) is 4.61. The lowest BCUT2D eigenvalue weighted by molar-refractivity contribution is -0.165. The first kappa shape index (κ1) is 12.5. The molecule has 2 atom stereocenters. The van der Waals surface area contributed by atoms with E-state index >= 15 is 0 Å². The largest absolute Gasteiger partial charge is 0.479 e. The van der Waals surface area contributed by atoms with Gasteiger partial charge in [0, 0.05) is 0 Å². The summed E-state index contributed by atoms with van der Waals surface area (Å²) in [4.78, 5) is 19.5. The van der Waals surface area contributed by atoms with Gasteiger partial charge in [0.05, 0.1) is 0 Å². The Balaban J connectivity index is 0. The van der Waals surface area contributed by atoms with Gasteiger partial charge in [0.15, 0.2) is 12.2 Å². The van der Waals surface area contributed by atoms with Crippen LogP contribution >= 0.6 is 0 Å². The number of rotatable bonds is 3. The second-order valence-corrected chi connectivity index (χ2v) is 1.57. The van der Waals surface area contributed by atoms with Crippen LogP contribution in [0.2, 0.25) is 0 Å². The third-order valence-corrected chi connectivity index (χ3v) is 0.805. The average Bonchev–Trinajstić information content (AvgIpc) is 1.84. The van der Waals surface area contributed by atoms with Gasteiger partial charge in [-0.05, 0) is 0 Å². The molecule has 0 bridgehead atoms. The molecule has 0 aromatic carbocycles. The van der Waals surface area contributed by atoms with Crippen LogP contribution in [-0.4, -0.2) is 50.0 Å². The minimum absolute atomic E-state index is 0. The Hall–Kier alpha value is -1.18. The smallest absolute Gasteiger partial charge is 0.335 e. The van der Waals surface area contributed by atoms with Gasteiger partial charge in [-0.25, -0.2) is 9.59 Å². The molecule has 7 heteroatoms. The van der Waals surface area contributed by atoms with Crippen LogP contribution in [0.15, 0.2) is 0 Å². The van der Waals surface area contributed by atoms with Crippen molar-refractivity contribution in [2.75, 3.05) is 0 Å². The van der Waals surface area contributed by atoms with Crippen LogP contribution in [-0.2, 0) is 9.59 Å². The first-order valence-electron chi connectivity index (χ1n) is 2.28. The molecule has 0 spiro atoms. The van der Waals surface area contributed by atoms with Crippen LogP contribution < -0.4 is 0 Å². The van der Waals surface area contributed by atoms with Gasteiger partial charge in [0.1, 0.15) is 0 Å². The van der Waals surface area contributed by atoms with Crippen molar-refractivity contribution in [1.82, 2.24) is 0 Å². The van der Waals surface area contributed by atoms with E-state index in [1.165, 1.54) is 0 Å². The van der Waals surface area contributed by atoms with E-state index in [0.717, 1.165) is 0 Å². The lowest BCUT2D eigenvalue weighted by atomic mass is 10.2. The molecule has 7 nitrogen and oxygen atoms in total. The van der Waals surface area contributed by atoms with Gasteiger partial charge in [-0.2, -0.15) is 0 Å². The molecular weight excluding hydrogens is 160 g/mol. The summed E-state index contributed by atoms with van der Waals surface area (Å²) >= 11 is 0. The fourth-order valence-electron chi connectivity index (χ4n) is 0.270. The van der Waals surface area contributed by atoms with Crippen molar-refractivity contribution in [2.24, 2.45) is 0 Å². The average molecular weight is 168 g/mol. The number of hydrogen-bond acceptors (Lipinski definition) is 4. The molecule has 0 aliphatic heterocycles. The summed E-state index contributed by atoms with van der Waals surface area (Å²) in [5.41, 5.74) is 0. The summed E-state index contributed by atoms with van der Waals surface area (Å²) < 4.78 is 0. The maximum absolute atomic E-state index is 9.77. The van der Waals surface area contributed by atoms with Crippen molar-refractivity contribution >= 4 is 11.9 Å². The van der Waals surface area contributed by atoms with Gasteiger partial charge < -0.3 is 25.9 Å². The fourth-order valence-corrected chi connectivity index (χ4v) is 0.270. The highest BCUT2D eigenvalue weighted by atomic mass is 16.4. The Morgan fingerprint density at radius 1 is 0.909 bits per heavy atom. The summed E-state index contributed by atoms with van der Waals surface area (Å²) in [5, 5.41) is 32.5. The van der Waals surface area contributed by atoms with Gasteiger partial charge in [0.2, 0.25) is 0 Å². The molecular formula is C4H8O7. The van der Waals surface area contributed by atoms with Crippen LogP contribution in [0.25, 0.3) is 0 Å². The fraction of sp³-hybridized carbons (Fsp3) is 0.500. The SMILES string of the molecule is O.O=C(O)C(O)[C@@H](O)C(=O)O. The molecule has 11 heavy (non-hydrogen) atoms. The highest BCUT2D eigenvalue weighted by Gasteiger charge is 2.29. The Kier molecular flexibility index (Phi) is 5.23. The zero-order valence-electron chi connectivity index (χ0n) is 5.26. The molecule has 0 heterocycles. The summed E-state index contributed by atoms with van der Waals surface area (Å²) in [5.74, 6) is -3.54. The van der Waals surface area contributed by atoms with Crippen molar-refractivity contribution < 1.29 is 35.5 Å². The van der Waals surface area contributed by atoms with E-state index in [9.17, 15) is 9.59 Å². The summed E-state index contributed by atoms with van der Waals surface area (Å²) in [6.45, 7) is 0. The molecule has 0 aliphatic rings. The molecule has 6 N–H and O–H groups in total. The van der Waals surface area contributed by atoms with Crippen molar-refractivity contribution in [3.05, 3.63) is 0 Å². The second-order valence-electron chi connectivity index (χ2n) is 1.57. The summed E-state index contributed by atoms with van der Waals surface area (Å²) in [6.07, 6.45) is -4.53. The van der Waals surface area contributed by atoms with E-state index in [0.29, 0.717) is 0 Å². The third kappa shape index (κ3) is 3.50. The van der Waals surface area contributed by atoms with Crippen LogP contribution in [0.4, 0.5) is 0 Å². The first-order chi connectivity index (χ1) is 4.46. The quantitative estimate of drug-likeness (QED) is 0.354. The lowest BCUT2D eigenvalue weighted by Crippen LogP contribution is -2.39. The first-order valence-corrected chi connectivity index (χ1v) is 2.28. The summed E-state index contributed by atoms with van der Waals surface area (Å²) in [6, 6.07) is 0. The Bertz CT molecular complexity index is 135. The number of carbonyl (C=O) groups is 2. The van der Waals surface area contributed by atoms with Crippen LogP contribution in [0, 0.1) is 0 Å². The molecule has 0 aliphatic carbocycles. The predicted molar refractivity (Wildman–Crippen MR) is 30.9 cm³/mol. The molecule has 0 radical (unpaired) electrons. The monoisotopic (exact) mass is 168 g/mol. The van der Waals surface area contributed by atoms with E-state index in [4.69, 9.17) is 20.4 Å². The van der Waals surface area contributed by atoms with Crippen molar-refractivity contribution in [1.29, 1.82) is 0 Å². The molecule has 0 fully saturated rings. The molecule has 0 aromatic heterocycles. The van der Waals surface area contributed by atoms with Gasteiger partial charge in [0.25, 0.3) is 0 Å². The van der Waals surface area contributed by atoms with Crippen molar-refractivity contribution in [2.45, 2.75) is 12.2 Å². The highest BCUT2D eigenvalue weighted by molar-refractivity contribution is 5.82. The van der Waals surface area contributed by atoms with E-state index in [1.807, 2.05) is 0 Å². The van der Waals surface area contributed by atoms with E-state index < -0.39 is 24.1 Å². The number of aliphatic hydroxyl groups is 2. The van der Waals surface area contributed by atoms with Crippen molar-refractivity contribution in [3.63, 3.8) is 0 Å². The molecule has 0 aromatic rings. The Morgan fingerprint density at radius 2 is 1.09 bits per heavy atom. The number of carboxylic acids is 2. The molecule has 1 unspecified atom stereocenters. The van der Waals surface area contributed by atoms with Gasteiger partial charge in [-0.1, -0.05) is 0 Å².